The van der Waals surface area contributed by atoms with E-state index in [0.29, 0.717) is 18.7 Å². The Balaban J connectivity index is 1.50. The highest BCUT2D eigenvalue weighted by Crippen LogP contribution is 2.22. The largest absolute Gasteiger partial charge is 0.507 e. The van der Waals surface area contributed by atoms with Crippen molar-refractivity contribution < 1.29 is 9.90 Å². The van der Waals surface area contributed by atoms with Crippen LogP contribution in [-0.4, -0.2) is 25.8 Å². The predicted molar refractivity (Wildman–Crippen MR) is 111 cm³/mol. The lowest BCUT2D eigenvalue weighted by Gasteiger charge is -2.10. The van der Waals surface area contributed by atoms with Crippen LogP contribution in [0.15, 0.2) is 85.5 Å². The number of hydrogen-bond acceptors (Lipinski definition) is 4. The second-order valence-electron chi connectivity index (χ2n) is 6.76. The van der Waals surface area contributed by atoms with Crippen LogP contribution in [-0.2, 0) is 13.0 Å². The van der Waals surface area contributed by atoms with E-state index in [0.717, 1.165) is 16.7 Å². The number of amides is 1. The van der Waals surface area contributed by atoms with Gasteiger partial charge in [-0.15, -0.1) is 0 Å². The second-order valence-corrected chi connectivity index (χ2v) is 6.76. The van der Waals surface area contributed by atoms with Crippen LogP contribution in [0.3, 0.4) is 0 Å². The summed E-state index contributed by atoms with van der Waals surface area (Å²) in [5.41, 5.74) is 3.99. The Bertz CT molecular complexity index is 1110. The first-order chi connectivity index (χ1) is 14.2. The number of benzene rings is 3. The number of anilines is 1. The number of rotatable bonds is 6. The zero-order valence-electron chi connectivity index (χ0n) is 15.7. The molecule has 4 aromatic rings. The summed E-state index contributed by atoms with van der Waals surface area (Å²) in [6, 6.07) is 22.6. The third-order valence-corrected chi connectivity index (χ3v) is 4.55. The molecule has 0 radical (unpaired) electrons. The normalized spacial score (nSPS) is 10.6. The molecule has 6 heteroatoms. The number of aromatic hydroxyl groups is 1. The van der Waals surface area contributed by atoms with Gasteiger partial charge in [0.2, 0.25) is 0 Å². The van der Waals surface area contributed by atoms with E-state index >= 15 is 0 Å². The van der Waals surface area contributed by atoms with Gasteiger partial charge in [0.1, 0.15) is 18.4 Å². The number of phenols is 1. The molecule has 1 amide bonds. The van der Waals surface area contributed by atoms with Gasteiger partial charge in [0.05, 0.1) is 12.1 Å². The summed E-state index contributed by atoms with van der Waals surface area (Å²) in [6.45, 7) is 0.557. The van der Waals surface area contributed by atoms with Crippen molar-refractivity contribution in [1.29, 1.82) is 0 Å². The van der Waals surface area contributed by atoms with Gasteiger partial charge < -0.3 is 10.4 Å². The Morgan fingerprint density at radius 2 is 1.76 bits per heavy atom. The molecule has 6 nitrogen and oxygen atoms in total. The van der Waals surface area contributed by atoms with E-state index in [4.69, 9.17) is 0 Å². The average Bonchev–Trinajstić information content (AvgIpc) is 3.23. The number of nitrogens with one attached hydrogen (secondary N) is 1. The van der Waals surface area contributed by atoms with Crippen molar-refractivity contribution in [3.63, 3.8) is 0 Å². The maximum Gasteiger partial charge on any atom is 0.259 e. The van der Waals surface area contributed by atoms with Gasteiger partial charge in [-0.2, -0.15) is 5.10 Å². The van der Waals surface area contributed by atoms with Gasteiger partial charge in [-0.25, -0.2) is 9.67 Å². The summed E-state index contributed by atoms with van der Waals surface area (Å²) in [7, 11) is 0. The fourth-order valence-electron chi connectivity index (χ4n) is 3.15. The first-order valence-electron chi connectivity index (χ1n) is 9.26. The van der Waals surface area contributed by atoms with Crippen molar-refractivity contribution in [2.45, 2.75) is 13.0 Å². The van der Waals surface area contributed by atoms with Crippen LogP contribution in [0.2, 0.25) is 0 Å². The maximum atomic E-state index is 12.8. The number of carbonyl (C=O) groups excluding carboxylic acids is 1. The molecule has 144 valence electrons. The minimum atomic E-state index is -0.352. The van der Waals surface area contributed by atoms with E-state index in [1.165, 1.54) is 6.33 Å². The summed E-state index contributed by atoms with van der Waals surface area (Å²) < 4.78 is 1.71. The van der Waals surface area contributed by atoms with E-state index in [1.807, 2.05) is 60.7 Å². The van der Waals surface area contributed by atoms with Crippen LogP contribution in [0, 0.1) is 0 Å². The molecule has 0 saturated carbocycles. The van der Waals surface area contributed by atoms with Crippen molar-refractivity contribution in [2.75, 3.05) is 5.32 Å². The molecular weight excluding hydrogens is 364 g/mol. The minimum Gasteiger partial charge on any atom is -0.507 e. The molecule has 0 aliphatic heterocycles. The Labute approximate surface area is 168 Å². The number of phenolic OH excluding ortho intramolecular Hbond substituents is 1. The standard InChI is InChI=1S/C23H20N4O2/c28-22-10-9-18(11-17-5-2-1-3-6-17)13-21(22)23(29)26-20-8-4-7-19(12-20)14-27-16-24-15-25-27/h1-10,12-13,15-16,28H,11,14H2,(H,26,29). The lowest BCUT2D eigenvalue weighted by molar-refractivity contribution is 0.102. The van der Waals surface area contributed by atoms with Crippen LogP contribution in [0.25, 0.3) is 0 Å². The molecule has 3 aromatic carbocycles. The van der Waals surface area contributed by atoms with E-state index < -0.39 is 0 Å². The first-order valence-corrected chi connectivity index (χ1v) is 9.26. The van der Waals surface area contributed by atoms with Gasteiger partial charge in [0.25, 0.3) is 5.91 Å². The molecule has 1 aromatic heterocycles. The highest BCUT2D eigenvalue weighted by atomic mass is 16.3. The molecule has 0 bridgehead atoms. The van der Waals surface area contributed by atoms with E-state index in [1.54, 1.807) is 23.1 Å². The number of hydrogen-bond donors (Lipinski definition) is 2. The molecule has 4 rings (SSSR count). The molecule has 0 atom stereocenters. The number of nitrogens with zero attached hydrogens (tertiary/aromatic N) is 3. The van der Waals surface area contributed by atoms with Crippen molar-refractivity contribution in [1.82, 2.24) is 14.8 Å². The minimum absolute atomic E-state index is 0.0434. The second kappa shape index (κ2) is 8.39. The van der Waals surface area contributed by atoms with Crippen LogP contribution in [0.5, 0.6) is 5.75 Å². The predicted octanol–water partition coefficient (Wildman–Crippen LogP) is 3.88. The topological polar surface area (TPSA) is 80.0 Å². The third-order valence-electron chi connectivity index (χ3n) is 4.55. The maximum absolute atomic E-state index is 12.8. The smallest absolute Gasteiger partial charge is 0.259 e. The highest BCUT2D eigenvalue weighted by molar-refractivity contribution is 6.06. The zero-order chi connectivity index (χ0) is 20.1. The third kappa shape index (κ3) is 4.68. The summed E-state index contributed by atoms with van der Waals surface area (Å²) in [4.78, 5) is 16.7. The molecule has 0 spiro atoms. The van der Waals surface area contributed by atoms with Crippen molar-refractivity contribution in [3.05, 3.63) is 108 Å². The molecule has 0 unspecified atom stereocenters. The molecule has 1 heterocycles. The molecule has 29 heavy (non-hydrogen) atoms. The monoisotopic (exact) mass is 384 g/mol. The lowest BCUT2D eigenvalue weighted by atomic mass is 10.0. The van der Waals surface area contributed by atoms with Gasteiger partial charge >= 0.3 is 0 Å². The van der Waals surface area contributed by atoms with Gasteiger partial charge in [0, 0.05) is 5.69 Å². The van der Waals surface area contributed by atoms with Crippen molar-refractivity contribution in [3.8, 4) is 5.75 Å². The van der Waals surface area contributed by atoms with Crippen LogP contribution in [0.1, 0.15) is 27.0 Å². The van der Waals surface area contributed by atoms with Gasteiger partial charge in [-0.3, -0.25) is 4.79 Å². The fraction of sp³-hybridized carbons (Fsp3) is 0.0870. The molecule has 0 aliphatic rings. The summed E-state index contributed by atoms with van der Waals surface area (Å²) >= 11 is 0. The Morgan fingerprint density at radius 3 is 2.55 bits per heavy atom. The van der Waals surface area contributed by atoms with Crippen molar-refractivity contribution >= 4 is 11.6 Å². The molecule has 2 N–H and O–H groups in total. The van der Waals surface area contributed by atoms with Crippen LogP contribution in [0.4, 0.5) is 5.69 Å². The zero-order valence-corrected chi connectivity index (χ0v) is 15.7. The lowest BCUT2D eigenvalue weighted by Crippen LogP contribution is -2.13. The van der Waals surface area contributed by atoms with E-state index in [-0.39, 0.29) is 17.2 Å². The first kappa shape index (κ1) is 18.4. The molecule has 0 aliphatic carbocycles. The quantitative estimate of drug-likeness (QED) is 0.529. The number of carbonyl (C=O) groups is 1. The summed E-state index contributed by atoms with van der Waals surface area (Å²) in [5, 5.41) is 17.2. The van der Waals surface area contributed by atoms with Crippen LogP contribution >= 0.6 is 0 Å². The van der Waals surface area contributed by atoms with Crippen LogP contribution < -0.4 is 5.32 Å². The molecule has 0 saturated heterocycles. The average molecular weight is 384 g/mol. The highest BCUT2D eigenvalue weighted by Gasteiger charge is 2.13. The van der Waals surface area contributed by atoms with Gasteiger partial charge in [-0.1, -0.05) is 48.5 Å². The molecular formula is C23H20N4O2. The van der Waals surface area contributed by atoms with E-state index in [2.05, 4.69) is 15.4 Å². The Morgan fingerprint density at radius 1 is 0.931 bits per heavy atom. The Kier molecular flexibility index (Phi) is 5.33. The van der Waals surface area contributed by atoms with E-state index in [9.17, 15) is 9.90 Å². The Hall–Kier alpha value is -3.93. The van der Waals surface area contributed by atoms with Gasteiger partial charge in [-0.05, 0) is 47.4 Å². The van der Waals surface area contributed by atoms with Gasteiger partial charge in [0.15, 0.2) is 0 Å². The van der Waals surface area contributed by atoms with Crippen molar-refractivity contribution in [2.24, 2.45) is 0 Å². The fourth-order valence-corrected chi connectivity index (χ4v) is 3.15. The number of aromatic nitrogens is 3. The summed E-state index contributed by atoms with van der Waals surface area (Å²) in [6.07, 6.45) is 3.81. The summed E-state index contributed by atoms with van der Waals surface area (Å²) in [5.74, 6) is -0.395. The SMILES string of the molecule is O=C(Nc1cccc(Cn2cncn2)c1)c1cc(Cc2ccccc2)ccc1O. The molecule has 0 fully saturated rings.